The molecule has 0 aliphatic heterocycles. The lowest BCUT2D eigenvalue weighted by molar-refractivity contribution is -0.275. The molecule has 0 saturated heterocycles. The molecule has 3 nitrogen and oxygen atoms in total. The molecule has 0 unspecified atom stereocenters. The summed E-state index contributed by atoms with van der Waals surface area (Å²) in [6.07, 6.45) is -3.81. The highest BCUT2D eigenvalue weighted by atomic mass is 127. The fraction of sp³-hybridized carbons (Fsp3) is 0.375. The second kappa shape index (κ2) is 5.13. The van der Waals surface area contributed by atoms with Gasteiger partial charge in [-0.1, -0.05) is 0 Å². The minimum Gasteiger partial charge on any atom is -0.403 e. The molecule has 90 valence electrons. The van der Waals surface area contributed by atoms with Gasteiger partial charge in [0.1, 0.15) is 10.4 Å². The molecule has 0 aliphatic carbocycles. The Bertz CT molecular complexity index is 383. The van der Waals surface area contributed by atoms with Crippen LogP contribution in [0.15, 0.2) is 6.20 Å². The van der Waals surface area contributed by atoms with Crippen LogP contribution in [0, 0.1) is 3.70 Å². The number of pyridine rings is 1. The van der Waals surface area contributed by atoms with Crippen molar-refractivity contribution in [3.63, 3.8) is 0 Å². The van der Waals surface area contributed by atoms with Crippen molar-refractivity contribution in [3.8, 4) is 5.75 Å². The Balaban J connectivity index is 3.23. The summed E-state index contributed by atoms with van der Waals surface area (Å²) in [6.45, 7) is -1.77. The Kier molecular flexibility index (Phi) is 4.30. The molecule has 1 rings (SSSR count). The van der Waals surface area contributed by atoms with Gasteiger partial charge >= 0.3 is 6.36 Å². The van der Waals surface area contributed by atoms with E-state index in [0.717, 1.165) is 6.20 Å². The van der Waals surface area contributed by atoms with E-state index in [9.17, 15) is 17.6 Å². The lowest BCUT2D eigenvalue weighted by Gasteiger charge is -2.14. The van der Waals surface area contributed by atoms with Gasteiger partial charge in [-0.2, -0.15) is 0 Å². The summed E-state index contributed by atoms with van der Waals surface area (Å²) in [5.74, 6) is -0.692. The number of aromatic nitrogens is 1. The van der Waals surface area contributed by atoms with Crippen molar-refractivity contribution in [2.45, 2.75) is 19.6 Å². The number of rotatable bonds is 3. The van der Waals surface area contributed by atoms with E-state index in [0.29, 0.717) is 0 Å². The first kappa shape index (κ1) is 13.4. The molecule has 1 aromatic heterocycles. The topological polar surface area (TPSA) is 42.4 Å². The molecule has 0 spiro atoms. The Morgan fingerprint density at radius 2 is 2.06 bits per heavy atom. The number of hydrogen-bond acceptors (Lipinski definition) is 3. The Labute approximate surface area is 102 Å². The Morgan fingerprint density at radius 1 is 1.44 bits per heavy atom. The van der Waals surface area contributed by atoms with Crippen molar-refractivity contribution in [1.29, 1.82) is 0 Å². The number of hydrogen-bond donors (Lipinski definition) is 1. The SMILES string of the molecule is OCc1cnc(I)c(OC(F)(F)F)c1CF. The molecule has 0 aromatic carbocycles. The molecule has 0 aliphatic rings. The normalized spacial score (nSPS) is 11.6. The molecule has 1 heterocycles. The maximum Gasteiger partial charge on any atom is 0.573 e. The summed E-state index contributed by atoms with van der Waals surface area (Å²) >= 11 is 1.50. The largest absolute Gasteiger partial charge is 0.573 e. The molecule has 8 heteroatoms. The van der Waals surface area contributed by atoms with E-state index in [4.69, 9.17) is 5.11 Å². The fourth-order valence-electron chi connectivity index (χ4n) is 1.04. The van der Waals surface area contributed by atoms with Gasteiger partial charge in [0.15, 0.2) is 5.75 Å². The number of aliphatic hydroxyl groups excluding tert-OH is 1. The summed E-state index contributed by atoms with van der Waals surface area (Å²) < 4.78 is 52.3. The van der Waals surface area contributed by atoms with E-state index in [1.165, 1.54) is 22.6 Å². The minimum atomic E-state index is -4.92. The minimum absolute atomic E-state index is 0.0258. The highest BCUT2D eigenvalue weighted by molar-refractivity contribution is 14.1. The van der Waals surface area contributed by atoms with Crippen LogP contribution in [-0.4, -0.2) is 16.5 Å². The molecule has 1 aromatic rings. The monoisotopic (exact) mass is 351 g/mol. The Hall–Kier alpha value is -0.640. The molecule has 0 radical (unpaired) electrons. The van der Waals surface area contributed by atoms with Crippen molar-refractivity contribution in [3.05, 3.63) is 21.0 Å². The lowest BCUT2D eigenvalue weighted by atomic mass is 10.1. The third-order valence-corrected chi connectivity index (χ3v) is 2.47. The molecular formula is C8H6F4INO2. The second-order valence-corrected chi connectivity index (χ2v) is 3.74. The lowest BCUT2D eigenvalue weighted by Crippen LogP contribution is -2.19. The zero-order chi connectivity index (χ0) is 12.3. The van der Waals surface area contributed by atoms with Crippen molar-refractivity contribution < 1.29 is 27.4 Å². The van der Waals surface area contributed by atoms with Crippen LogP contribution in [0.4, 0.5) is 17.6 Å². The van der Waals surface area contributed by atoms with Gasteiger partial charge in [0.05, 0.1) is 6.61 Å². The van der Waals surface area contributed by atoms with Crippen molar-refractivity contribution in [1.82, 2.24) is 4.98 Å². The quantitative estimate of drug-likeness (QED) is 0.517. The van der Waals surface area contributed by atoms with E-state index in [1.54, 1.807) is 0 Å². The number of nitrogens with zero attached hydrogens (tertiary/aromatic N) is 1. The zero-order valence-electron chi connectivity index (χ0n) is 7.68. The predicted molar refractivity (Wildman–Crippen MR) is 54.4 cm³/mol. The molecular weight excluding hydrogens is 345 g/mol. The van der Waals surface area contributed by atoms with Crippen LogP contribution in [0.25, 0.3) is 0 Å². The second-order valence-electron chi connectivity index (χ2n) is 2.72. The van der Waals surface area contributed by atoms with E-state index >= 15 is 0 Å². The number of ether oxygens (including phenoxy) is 1. The average Bonchev–Trinajstić information content (AvgIpc) is 2.19. The van der Waals surface area contributed by atoms with E-state index in [-0.39, 0.29) is 14.8 Å². The predicted octanol–water partition coefficient (Wildman–Crippen LogP) is 2.55. The van der Waals surface area contributed by atoms with Crippen LogP contribution in [0.3, 0.4) is 0 Å². The van der Waals surface area contributed by atoms with Crippen LogP contribution in [0.2, 0.25) is 0 Å². The highest BCUT2D eigenvalue weighted by Crippen LogP contribution is 2.32. The van der Waals surface area contributed by atoms with Crippen molar-refractivity contribution in [2.24, 2.45) is 0 Å². The van der Waals surface area contributed by atoms with Crippen LogP contribution in [0.5, 0.6) is 5.75 Å². The zero-order valence-corrected chi connectivity index (χ0v) is 9.84. The van der Waals surface area contributed by atoms with Gasteiger partial charge in [0.25, 0.3) is 0 Å². The van der Waals surface area contributed by atoms with Gasteiger partial charge in [-0.15, -0.1) is 13.2 Å². The van der Waals surface area contributed by atoms with Gasteiger partial charge in [-0.05, 0) is 22.6 Å². The molecule has 0 bridgehead atoms. The summed E-state index contributed by atoms with van der Waals surface area (Å²) in [5, 5.41) is 8.82. The van der Waals surface area contributed by atoms with Gasteiger partial charge in [-0.3, -0.25) is 0 Å². The summed E-state index contributed by atoms with van der Waals surface area (Å²) in [4.78, 5) is 3.58. The van der Waals surface area contributed by atoms with Gasteiger partial charge in [0.2, 0.25) is 0 Å². The fourth-order valence-corrected chi connectivity index (χ4v) is 1.62. The van der Waals surface area contributed by atoms with E-state index in [1.807, 2.05) is 0 Å². The number of aliphatic hydroxyl groups is 1. The van der Waals surface area contributed by atoms with Gasteiger partial charge in [-0.25, -0.2) is 9.37 Å². The number of alkyl halides is 4. The third-order valence-electron chi connectivity index (χ3n) is 1.70. The molecule has 16 heavy (non-hydrogen) atoms. The van der Waals surface area contributed by atoms with E-state index in [2.05, 4.69) is 9.72 Å². The van der Waals surface area contributed by atoms with E-state index < -0.39 is 25.4 Å². The molecule has 1 N–H and O–H groups in total. The van der Waals surface area contributed by atoms with Crippen LogP contribution < -0.4 is 4.74 Å². The standard InChI is InChI=1S/C8H6F4INO2/c9-1-5-4(3-15)2-14-7(13)6(5)16-8(10,11)12/h2,15H,1,3H2. The van der Waals surface area contributed by atoms with Crippen LogP contribution in [-0.2, 0) is 13.3 Å². The summed E-state index contributed by atoms with van der Waals surface area (Å²) in [5.41, 5.74) is -0.360. The maximum atomic E-state index is 12.6. The van der Waals surface area contributed by atoms with Crippen molar-refractivity contribution >= 4 is 22.6 Å². The van der Waals surface area contributed by atoms with Crippen molar-refractivity contribution in [2.75, 3.05) is 0 Å². The first-order valence-electron chi connectivity index (χ1n) is 3.98. The third kappa shape index (κ3) is 3.17. The van der Waals surface area contributed by atoms with Gasteiger partial charge in [0, 0.05) is 17.3 Å². The van der Waals surface area contributed by atoms with Crippen LogP contribution >= 0.6 is 22.6 Å². The van der Waals surface area contributed by atoms with Crippen LogP contribution in [0.1, 0.15) is 11.1 Å². The smallest absolute Gasteiger partial charge is 0.403 e. The Morgan fingerprint density at radius 3 is 2.50 bits per heavy atom. The summed E-state index contributed by atoms with van der Waals surface area (Å²) in [7, 11) is 0. The maximum absolute atomic E-state index is 12.6. The number of halogens is 5. The van der Waals surface area contributed by atoms with Gasteiger partial charge < -0.3 is 9.84 Å². The molecule has 0 amide bonds. The summed E-state index contributed by atoms with van der Waals surface area (Å²) in [6, 6.07) is 0. The molecule has 0 atom stereocenters. The first-order chi connectivity index (χ1) is 7.39. The highest BCUT2D eigenvalue weighted by Gasteiger charge is 2.34. The average molecular weight is 351 g/mol. The molecule has 0 fully saturated rings. The molecule has 0 saturated carbocycles. The first-order valence-corrected chi connectivity index (χ1v) is 5.05.